The molecule has 34 heavy (non-hydrogen) atoms. The number of hydrazone groups is 1. The first-order chi connectivity index (χ1) is 16.7. The van der Waals surface area contributed by atoms with Gasteiger partial charge in [-0.2, -0.15) is 5.10 Å². The van der Waals surface area contributed by atoms with Crippen molar-refractivity contribution < 1.29 is 9.18 Å². The molecule has 1 aliphatic rings. The van der Waals surface area contributed by atoms with E-state index in [0.29, 0.717) is 18.1 Å². The summed E-state index contributed by atoms with van der Waals surface area (Å²) in [5.74, 6) is 0.496. The first-order valence-corrected chi connectivity index (χ1v) is 12.0. The third-order valence-corrected chi connectivity index (χ3v) is 6.43. The summed E-state index contributed by atoms with van der Waals surface area (Å²) in [6.07, 6.45) is 1.30. The number of nitrogens with zero attached hydrogens (tertiary/aromatic N) is 5. The van der Waals surface area contributed by atoms with Crippen LogP contribution in [0.5, 0.6) is 0 Å². The third-order valence-electron chi connectivity index (χ3n) is 5.51. The van der Waals surface area contributed by atoms with Crippen molar-refractivity contribution in [1.82, 2.24) is 19.8 Å². The quantitative estimate of drug-likeness (QED) is 0.366. The van der Waals surface area contributed by atoms with Crippen molar-refractivity contribution >= 4 is 23.4 Å². The van der Waals surface area contributed by atoms with Crippen LogP contribution in [-0.4, -0.2) is 43.7 Å². The smallest absolute Gasteiger partial charge is 0.253 e. The molecule has 2 heterocycles. The van der Waals surface area contributed by atoms with Crippen LogP contribution in [0.15, 0.2) is 95.2 Å². The Labute approximate surface area is 201 Å². The van der Waals surface area contributed by atoms with Gasteiger partial charge in [0.25, 0.3) is 5.91 Å². The Hall–Kier alpha value is -3.78. The van der Waals surface area contributed by atoms with Gasteiger partial charge in [-0.15, -0.1) is 10.2 Å². The maximum absolute atomic E-state index is 13.5. The molecule has 1 aliphatic heterocycles. The molecular weight excluding hydrogens is 449 g/mol. The fourth-order valence-corrected chi connectivity index (χ4v) is 4.65. The van der Waals surface area contributed by atoms with Crippen LogP contribution < -0.4 is 0 Å². The fourth-order valence-electron chi connectivity index (χ4n) is 3.81. The van der Waals surface area contributed by atoms with Crippen molar-refractivity contribution in [2.75, 3.05) is 12.3 Å². The highest BCUT2D eigenvalue weighted by Crippen LogP contribution is 2.25. The van der Waals surface area contributed by atoms with Gasteiger partial charge in [0.1, 0.15) is 11.6 Å². The van der Waals surface area contributed by atoms with Crippen LogP contribution in [0.2, 0.25) is 0 Å². The highest BCUT2D eigenvalue weighted by molar-refractivity contribution is 7.99. The van der Waals surface area contributed by atoms with E-state index in [2.05, 4.69) is 15.3 Å². The van der Waals surface area contributed by atoms with Gasteiger partial charge in [0, 0.05) is 18.5 Å². The number of aromatic nitrogens is 3. The molecule has 0 bridgehead atoms. The van der Waals surface area contributed by atoms with E-state index in [1.165, 1.54) is 28.9 Å². The number of carbonyl (C=O) groups is 1. The summed E-state index contributed by atoms with van der Waals surface area (Å²) in [7, 11) is 0. The molecular formula is C26H22FN5OS. The number of carbonyl (C=O) groups excluding carboxylic acids is 1. The lowest BCUT2D eigenvalue weighted by atomic mass is 10.1. The average molecular weight is 472 g/mol. The molecule has 1 amide bonds. The molecule has 170 valence electrons. The van der Waals surface area contributed by atoms with Crippen LogP contribution in [0, 0.1) is 5.82 Å². The summed E-state index contributed by atoms with van der Waals surface area (Å²) in [6.45, 7) is 0.563. The third kappa shape index (κ3) is 4.92. The summed E-state index contributed by atoms with van der Waals surface area (Å²) in [5, 5.41) is 15.4. The van der Waals surface area contributed by atoms with E-state index in [0.717, 1.165) is 34.8 Å². The van der Waals surface area contributed by atoms with Crippen LogP contribution in [0.25, 0.3) is 5.69 Å². The molecule has 0 saturated heterocycles. The van der Waals surface area contributed by atoms with E-state index in [-0.39, 0.29) is 17.5 Å². The summed E-state index contributed by atoms with van der Waals surface area (Å²) in [4.78, 5) is 12.9. The predicted octanol–water partition coefficient (Wildman–Crippen LogP) is 4.73. The van der Waals surface area contributed by atoms with Gasteiger partial charge in [0.2, 0.25) is 0 Å². The van der Waals surface area contributed by atoms with Gasteiger partial charge in [0.05, 0.1) is 18.0 Å². The molecule has 3 aromatic carbocycles. The van der Waals surface area contributed by atoms with Crippen molar-refractivity contribution in [3.63, 3.8) is 0 Å². The minimum atomic E-state index is -0.313. The van der Waals surface area contributed by atoms with Gasteiger partial charge in [-0.05, 0) is 35.4 Å². The lowest BCUT2D eigenvalue weighted by Gasteiger charge is -2.12. The lowest BCUT2D eigenvalue weighted by Crippen LogP contribution is -2.25. The Bertz CT molecular complexity index is 1310. The molecule has 0 aliphatic carbocycles. The molecule has 0 fully saturated rings. The van der Waals surface area contributed by atoms with E-state index in [1.807, 2.05) is 65.2 Å². The van der Waals surface area contributed by atoms with Gasteiger partial charge in [-0.25, -0.2) is 9.40 Å². The first kappa shape index (κ1) is 22.0. The van der Waals surface area contributed by atoms with E-state index in [4.69, 9.17) is 0 Å². The van der Waals surface area contributed by atoms with Crippen LogP contribution in [0.3, 0.4) is 0 Å². The number of hydrogen-bond acceptors (Lipinski definition) is 5. The maximum atomic E-state index is 13.5. The van der Waals surface area contributed by atoms with E-state index >= 15 is 0 Å². The summed E-state index contributed by atoms with van der Waals surface area (Å²) in [5.41, 5.74) is 3.79. The Morgan fingerprint density at radius 3 is 2.35 bits per heavy atom. The molecule has 0 spiro atoms. The lowest BCUT2D eigenvalue weighted by molar-refractivity contribution is -0.127. The monoisotopic (exact) mass is 471 g/mol. The topological polar surface area (TPSA) is 63.4 Å². The van der Waals surface area contributed by atoms with Gasteiger partial charge >= 0.3 is 0 Å². The Balaban J connectivity index is 1.35. The SMILES string of the molecule is O=C(CSc1nnc(Cc2ccccc2)n1-c1ccc(F)cc1)N1CCC(c2ccccc2)=N1. The minimum Gasteiger partial charge on any atom is -0.274 e. The molecule has 0 saturated carbocycles. The highest BCUT2D eigenvalue weighted by Gasteiger charge is 2.23. The number of hydrogen-bond donors (Lipinski definition) is 0. The summed E-state index contributed by atoms with van der Waals surface area (Å²) < 4.78 is 15.4. The van der Waals surface area contributed by atoms with Crippen LogP contribution in [-0.2, 0) is 11.2 Å². The molecule has 0 atom stereocenters. The molecule has 0 unspecified atom stereocenters. The highest BCUT2D eigenvalue weighted by atomic mass is 32.2. The molecule has 1 aromatic heterocycles. The Morgan fingerprint density at radius 2 is 1.62 bits per heavy atom. The second-order valence-electron chi connectivity index (χ2n) is 7.84. The normalized spacial score (nSPS) is 13.2. The van der Waals surface area contributed by atoms with Crippen molar-refractivity contribution in [2.24, 2.45) is 5.10 Å². The van der Waals surface area contributed by atoms with Crippen LogP contribution >= 0.6 is 11.8 Å². The van der Waals surface area contributed by atoms with Gasteiger partial charge < -0.3 is 0 Å². The molecule has 5 rings (SSSR count). The second kappa shape index (κ2) is 10.0. The zero-order valence-corrected chi connectivity index (χ0v) is 19.2. The van der Waals surface area contributed by atoms with Gasteiger partial charge in [-0.3, -0.25) is 9.36 Å². The molecule has 0 N–H and O–H groups in total. The van der Waals surface area contributed by atoms with Crippen LogP contribution in [0.4, 0.5) is 4.39 Å². The maximum Gasteiger partial charge on any atom is 0.253 e. The largest absolute Gasteiger partial charge is 0.274 e. The first-order valence-electron chi connectivity index (χ1n) is 11.0. The Kier molecular flexibility index (Phi) is 6.49. The molecule has 0 radical (unpaired) electrons. The van der Waals surface area contributed by atoms with Crippen molar-refractivity contribution in [3.05, 3.63) is 108 Å². The molecule has 6 nitrogen and oxygen atoms in total. The van der Waals surface area contributed by atoms with Gasteiger partial charge in [0.15, 0.2) is 5.16 Å². The zero-order chi connectivity index (χ0) is 23.3. The number of benzene rings is 3. The molecule has 8 heteroatoms. The van der Waals surface area contributed by atoms with E-state index in [1.54, 1.807) is 12.1 Å². The van der Waals surface area contributed by atoms with E-state index < -0.39 is 0 Å². The second-order valence-corrected chi connectivity index (χ2v) is 8.78. The summed E-state index contributed by atoms with van der Waals surface area (Å²) >= 11 is 1.30. The number of halogens is 1. The average Bonchev–Trinajstić information content (AvgIpc) is 3.52. The minimum absolute atomic E-state index is 0.0887. The number of amides is 1. The van der Waals surface area contributed by atoms with Crippen molar-refractivity contribution in [3.8, 4) is 5.69 Å². The molecule has 4 aromatic rings. The van der Waals surface area contributed by atoms with Crippen molar-refractivity contribution in [2.45, 2.75) is 18.0 Å². The van der Waals surface area contributed by atoms with E-state index in [9.17, 15) is 9.18 Å². The zero-order valence-electron chi connectivity index (χ0n) is 18.3. The summed E-state index contributed by atoms with van der Waals surface area (Å²) in [6, 6.07) is 26.1. The predicted molar refractivity (Wildman–Crippen MR) is 131 cm³/mol. The van der Waals surface area contributed by atoms with Gasteiger partial charge in [-0.1, -0.05) is 72.4 Å². The number of thioether (sulfide) groups is 1. The fraction of sp³-hybridized carbons (Fsp3) is 0.154. The van der Waals surface area contributed by atoms with Crippen molar-refractivity contribution in [1.29, 1.82) is 0 Å². The number of rotatable bonds is 7. The van der Waals surface area contributed by atoms with Crippen LogP contribution in [0.1, 0.15) is 23.4 Å². The Morgan fingerprint density at radius 1 is 0.912 bits per heavy atom. The standard InChI is InChI=1S/C26H22FN5OS/c27-21-11-13-22(14-12-21)32-24(17-19-7-3-1-4-8-19)28-29-26(32)34-18-25(33)31-16-15-23(30-31)20-9-5-2-6-10-20/h1-14H,15-18H2.